The minimum atomic E-state index is 1.01. The van der Waals surface area contributed by atoms with Crippen LogP contribution >= 0.6 is 0 Å². The molecule has 0 bridgehead atoms. The van der Waals surface area contributed by atoms with Gasteiger partial charge in [-0.05, 0) is 31.9 Å². The van der Waals surface area contributed by atoms with E-state index in [0.717, 1.165) is 12.1 Å². The van der Waals surface area contributed by atoms with Gasteiger partial charge in [0.1, 0.15) is 5.65 Å². The minimum absolute atomic E-state index is 1.01. The van der Waals surface area contributed by atoms with Crippen LogP contribution < -0.4 is 0 Å². The van der Waals surface area contributed by atoms with Gasteiger partial charge < -0.3 is 4.40 Å². The van der Waals surface area contributed by atoms with Crippen molar-refractivity contribution in [2.45, 2.75) is 27.2 Å². The smallest absolute Gasteiger partial charge is 0.137 e. The first-order chi connectivity index (χ1) is 6.22. The summed E-state index contributed by atoms with van der Waals surface area (Å²) in [5.41, 5.74) is 4.79. The lowest BCUT2D eigenvalue weighted by atomic mass is 10.3. The zero-order chi connectivity index (χ0) is 9.42. The number of fused-ring (bicyclic) bond motifs is 1. The van der Waals surface area contributed by atoms with Crippen LogP contribution in [0.1, 0.15) is 23.9 Å². The van der Waals surface area contributed by atoms with E-state index >= 15 is 0 Å². The molecule has 13 heavy (non-hydrogen) atoms. The van der Waals surface area contributed by atoms with Crippen molar-refractivity contribution in [1.29, 1.82) is 0 Å². The molecular weight excluding hydrogens is 160 g/mol. The maximum absolute atomic E-state index is 4.53. The van der Waals surface area contributed by atoms with E-state index in [2.05, 4.69) is 48.5 Å². The number of imidazole rings is 1. The molecule has 0 saturated heterocycles. The molecule has 0 aromatic carbocycles. The third-order valence-electron chi connectivity index (χ3n) is 2.44. The van der Waals surface area contributed by atoms with Gasteiger partial charge in [-0.3, -0.25) is 0 Å². The predicted molar refractivity (Wildman–Crippen MR) is 54.0 cm³/mol. The molecular formula is C11H14N2. The van der Waals surface area contributed by atoms with E-state index in [1.807, 2.05) is 0 Å². The Balaban J connectivity index is 2.77. The Morgan fingerprint density at radius 3 is 2.77 bits per heavy atom. The van der Waals surface area contributed by atoms with Crippen LogP contribution in [-0.2, 0) is 6.42 Å². The van der Waals surface area contributed by atoms with Gasteiger partial charge in [0.15, 0.2) is 0 Å². The highest BCUT2D eigenvalue weighted by Gasteiger charge is 2.04. The Morgan fingerprint density at radius 2 is 2.08 bits per heavy atom. The Morgan fingerprint density at radius 1 is 1.31 bits per heavy atom. The van der Waals surface area contributed by atoms with Gasteiger partial charge >= 0.3 is 0 Å². The van der Waals surface area contributed by atoms with Crippen molar-refractivity contribution in [2.24, 2.45) is 0 Å². The molecule has 0 radical (unpaired) electrons. The molecule has 0 aliphatic rings. The number of aryl methyl sites for hydroxylation is 3. The van der Waals surface area contributed by atoms with Gasteiger partial charge in [0.2, 0.25) is 0 Å². The molecule has 2 nitrogen and oxygen atoms in total. The molecule has 0 N–H and O–H groups in total. The van der Waals surface area contributed by atoms with E-state index in [0.29, 0.717) is 0 Å². The first kappa shape index (κ1) is 8.30. The van der Waals surface area contributed by atoms with Gasteiger partial charge in [-0.1, -0.05) is 13.0 Å². The van der Waals surface area contributed by atoms with Crippen LogP contribution in [0.3, 0.4) is 0 Å². The average molecular weight is 174 g/mol. The van der Waals surface area contributed by atoms with Crippen LogP contribution in [0.4, 0.5) is 0 Å². The second kappa shape index (κ2) is 2.87. The second-order valence-electron chi connectivity index (χ2n) is 3.43. The summed E-state index contributed by atoms with van der Waals surface area (Å²) in [7, 11) is 0. The molecule has 2 aromatic heterocycles. The highest BCUT2D eigenvalue weighted by Crippen LogP contribution is 2.13. The second-order valence-corrected chi connectivity index (χ2v) is 3.43. The maximum atomic E-state index is 4.53. The first-order valence-corrected chi connectivity index (χ1v) is 4.66. The van der Waals surface area contributed by atoms with E-state index in [4.69, 9.17) is 0 Å². The van der Waals surface area contributed by atoms with E-state index in [1.165, 1.54) is 17.0 Å². The summed E-state index contributed by atoms with van der Waals surface area (Å²) in [6.45, 7) is 6.37. The lowest BCUT2D eigenvalue weighted by Gasteiger charge is -1.97. The summed E-state index contributed by atoms with van der Waals surface area (Å²) < 4.78 is 2.16. The van der Waals surface area contributed by atoms with Crippen molar-refractivity contribution in [2.75, 3.05) is 0 Å². The van der Waals surface area contributed by atoms with Gasteiger partial charge in [0.05, 0.1) is 5.69 Å². The van der Waals surface area contributed by atoms with Crippen LogP contribution in [0.15, 0.2) is 18.3 Å². The van der Waals surface area contributed by atoms with E-state index in [-0.39, 0.29) is 0 Å². The molecule has 0 aliphatic heterocycles. The molecule has 2 heteroatoms. The van der Waals surface area contributed by atoms with Gasteiger partial charge in [-0.15, -0.1) is 0 Å². The Hall–Kier alpha value is -1.31. The van der Waals surface area contributed by atoms with Crippen molar-refractivity contribution < 1.29 is 0 Å². The van der Waals surface area contributed by atoms with Crippen LogP contribution in [-0.4, -0.2) is 9.38 Å². The molecule has 68 valence electrons. The summed E-state index contributed by atoms with van der Waals surface area (Å²) in [4.78, 5) is 4.53. The number of nitrogens with zero attached hydrogens (tertiary/aromatic N) is 2. The Labute approximate surface area is 78.2 Å². The number of aromatic nitrogens is 2. The van der Waals surface area contributed by atoms with Gasteiger partial charge in [0, 0.05) is 11.9 Å². The van der Waals surface area contributed by atoms with Crippen LogP contribution in [0, 0.1) is 13.8 Å². The summed E-state index contributed by atoms with van der Waals surface area (Å²) >= 11 is 0. The lowest BCUT2D eigenvalue weighted by Crippen LogP contribution is -1.89. The van der Waals surface area contributed by atoms with Crippen molar-refractivity contribution in [3.8, 4) is 0 Å². The van der Waals surface area contributed by atoms with Crippen LogP contribution in [0.25, 0.3) is 5.65 Å². The van der Waals surface area contributed by atoms with Gasteiger partial charge in [-0.25, -0.2) is 4.98 Å². The van der Waals surface area contributed by atoms with Crippen molar-refractivity contribution >= 4 is 5.65 Å². The zero-order valence-electron chi connectivity index (χ0n) is 8.33. The minimum Gasteiger partial charge on any atom is -0.304 e. The maximum Gasteiger partial charge on any atom is 0.137 e. The summed E-state index contributed by atoms with van der Waals surface area (Å²) in [5, 5.41) is 0. The standard InChI is InChI=1S/C11H14N2/c1-4-10-9(3)13-7-8(2)5-6-11(13)12-10/h5-7H,4H2,1-3H3. The molecule has 0 atom stereocenters. The summed E-state index contributed by atoms with van der Waals surface area (Å²) in [6, 6.07) is 4.17. The monoisotopic (exact) mass is 174 g/mol. The molecule has 2 aromatic rings. The Kier molecular flexibility index (Phi) is 1.83. The number of hydrogen-bond acceptors (Lipinski definition) is 1. The fourth-order valence-corrected chi connectivity index (χ4v) is 1.65. The largest absolute Gasteiger partial charge is 0.304 e. The van der Waals surface area contributed by atoms with Gasteiger partial charge in [0.25, 0.3) is 0 Å². The SMILES string of the molecule is CCc1nc2ccc(C)cn2c1C. The van der Waals surface area contributed by atoms with E-state index < -0.39 is 0 Å². The number of rotatable bonds is 1. The Bertz CT molecular complexity index is 441. The average Bonchev–Trinajstić information content (AvgIpc) is 2.44. The van der Waals surface area contributed by atoms with Crippen LogP contribution in [0.2, 0.25) is 0 Å². The lowest BCUT2D eigenvalue weighted by molar-refractivity contribution is 1.02. The first-order valence-electron chi connectivity index (χ1n) is 4.66. The number of pyridine rings is 1. The molecule has 2 heterocycles. The number of hydrogen-bond donors (Lipinski definition) is 0. The molecule has 0 unspecified atom stereocenters. The quantitative estimate of drug-likeness (QED) is 0.649. The van der Waals surface area contributed by atoms with Crippen molar-refractivity contribution in [3.63, 3.8) is 0 Å². The van der Waals surface area contributed by atoms with Crippen molar-refractivity contribution in [3.05, 3.63) is 35.3 Å². The molecule has 0 saturated carbocycles. The fraction of sp³-hybridized carbons (Fsp3) is 0.364. The summed E-state index contributed by atoms with van der Waals surface area (Å²) in [6.07, 6.45) is 3.14. The van der Waals surface area contributed by atoms with E-state index in [1.54, 1.807) is 0 Å². The molecule has 2 rings (SSSR count). The highest BCUT2D eigenvalue weighted by molar-refractivity contribution is 5.44. The van der Waals surface area contributed by atoms with Crippen LogP contribution in [0.5, 0.6) is 0 Å². The summed E-state index contributed by atoms with van der Waals surface area (Å²) in [5.74, 6) is 0. The topological polar surface area (TPSA) is 17.3 Å². The molecule has 0 amide bonds. The highest BCUT2D eigenvalue weighted by atomic mass is 15.0. The van der Waals surface area contributed by atoms with Gasteiger partial charge in [-0.2, -0.15) is 0 Å². The normalized spacial score (nSPS) is 11.0. The third kappa shape index (κ3) is 1.22. The predicted octanol–water partition coefficient (Wildman–Crippen LogP) is 2.51. The fourth-order valence-electron chi connectivity index (χ4n) is 1.65. The molecule has 0 fully saturated rings. The molecule has 0 spiro atoms. The van der Waals surface area contributed by atoms with Crippen molar-refractivity contribution in [1.82, 2.24) is 9.38 Å². The third-order valence-corrected chi connectivity index (χ3v) is 2.44. The zero-order valence-corrected chi connectivity index (χ0v) is 8.33. The van der Waals surface area contributed by atoms with E-state index in [9.17, 15) is 0 Å². The molecule has 0 aliphatic carbocycles.